The van der Waals surface area contributed by atoms with E-state index in [2.05, 4.69) is 32.1 Å². The molecule has 0 amide bonds. The van der Waals surface area contributed by atoms with Gasteiger partial charge in [0, 0.05) is 10.0 Å². The molecule has 0 aliphatic heterocycles. The van der Waals surface area contributed by atoms with Crippen LogP contribution >= 0.6 is 27.3 Å². The van der Waals surface area contributed by atoms with Crippen LogP contribution in [-0.4, -0.2) is 14.6 Å². The molecule has 2 heterocycles. The lowest BCUT2D eigenvalue weighted by molar-refractivity contribution is 0.931. The molecule has 0 saturated heterocycles. The second kappa shape index (κ2) is 4.19. The van der Waals surface area contributed by atoms with Gasteiger partial charge in [-0.25, -0.2) is 4.98 Å². The molecule has 0 N–H and O–H groups in total. The molecule has 4 nitrogen and oxygen atoms in total. The summed E-state index contributed by atoms with van der Waals surface area (Å²) in [6.07, 6.45) is 0. The number of fused-ring (bicyclic) bond motifs is 1. The molecule has 3 aromatic rings. The zero-order chi connectivity index (χ0) is 12.7. The Bertz CT molecular complexity index is 781. The van der Waals surface area contributed by atoms with Crippen LogP contribution in [0.15, 0.2) is 28.7 Å². The van der Waals surface area contributed by atoms with E-state index in [9.17, 15) is 5.26 Å². The first-order chi connectivity index (χ1) is 8.69. The fraction of sp³-hybridized carbons (Fsp3) is 0.0833. The molecule has 0 spiro atoms. The second-order valence-corrected chi connectivity index (χ2v) is 5.82. The van der Waals surface area contributed by atoms with E-state index in [0.29, 0.717) is 11.4 Å². The van der Waals surface area contributed by atoms with Gasteiger partial charge in [-0.1, -0.05) is 39.4 Å². The molecule has 1 aromatic carbocycles. The third kappa shape index (κ3) is 1.72. The molecule has 0 aliphatic rings. The molecule has 6 heteroatoms. The first-order valence-corrected chi connectivity index (χ1v) is 6.82. The van der Waals surface area contributed by atoms with Gasteiger partial charge in [0.05, 0.1) is 0 Å². The molecule has 0 aliphatic carbocycles. The van der Waals surface area contributed by atoms with Gasteiger partial charge in [0.15, 0.2) is 5.69 Å². The van der Waals surface area contributed by atoms with Crippen molar-refractivity contribution in [2.75, 3.05) is 0 Å². The Morgan fingerprint density at radius 3 is 3.00 bits per heavy atom. The van der Waals surface area contributed by atoms with Crippen molar-refractivity contribution < 1.29 is 0 Å². The third-order valence-electron chi connectivity index (χ3n) is 2.51. The minimum atomic E-state index is 0.479. The summed E-state index contributed by atoms with van der Waals surface area (Å²) in [5.74, 6) is 0. The van der Waals surface area contributed by atoms with Gasteiger partial charge in [0.2, 0.25) is 4.96 Å². The highest BCUT2D eigenvalue weighted by Gasteiger charge is 2.16. The minimum Gasteiger partial charge on any atom is -0.216 e. The summed E-state index contributed by atoms with van der Waals surface area (Å²) >= 11 is 4.90. The van der Waals surface area contributed by atoms with Gasteiger partial charge in [-0.2, -0.15) is 14.9 Å². The Labute approximate surface area is 116 Å². The number of imidazole rings is 1. The van der Waals surface area contributed by atoms with Gasteiger partial charge in [-0.05, 0) is 19.1 Å². The molecule has 0 bridgehead atoms. The van der Waals surface area contributed by atoms with E-state index in [1.807, 2.05) is 31.2 Å². The Morgan fingerprint density at radius 1 is 1.44 bits per heavy atom. The van der Waals surface area contributed by atoms with E-state index in [4.69, 9.17) is 0 Å². The maximum atomic E-state index is 9.29. The summed E-state index contributed by atoms with van der Waals surface area (Å²) in [6, 6.07) is 9.92. The quantitative estimate of drug-likeness (QED) is 0.691. The normalized spacial score (nSPS) is 10.7. The van der Waals surface area contributed by atoms with Crippen molar-refractivity contribution >= 4 is 32.2 Å². The van der Waals surface area contributed by atoms with Crippen molar-refractivity contribution in [2.24, 2.45) is 0 Å². The maximum Gasteiger partial charge on any atom is 0.213 e. The maximum absolute atomic E-state index is 9.29. The molecule has 0 atom stereocenters. The van der Waals surface area contributed by atoms with Crippen LogP contribution in [0.1, 0.15) is 10.7 Å². The minimum absolute atomic E-state index is 0.479. The van der Waals surface area contributed by atoms with Gasteiger partial charge in [-0.15, -0.1) is 0 Å². The van der Waals surface area contributed by atoms with Gasteiger partial charge < -0.3 is 0 Å². The summed E-state index contributed by atoms with van der Waals surface area (Å²) in [7, 11) is 0. The number of rotatable bonds is 1. The smallest absolute Gasteiger partial charge is 0.213 e. The fourth-order valence-corrected chi connectivity index (χ4v) is 2.92. The van der Waals surface area contributed by atoms with E-state index < -0.39 is 0 Å². The molecule has 0 saturated carbocycles. The number of benzene rings is 1. The Morgan fingerprint density at radius 2 is 2.28 bits per heavy atom. The number of nitriles is 1. The summed E-state index contributed by atoms with van der Waals surface area (Å²) < 4.78 is 2.57. The van der Waals surface area contributed by atoms with Crippen LogP contribution in [0.25, 0.3) is 16.2 Å². The molecular weight excluding hydrogens is 312 g/mol. The molecular formula is C12H7BrN4S. The molecule has 3 rings (SSSR count). The van der Waals surface area contributed by atoms with Crippen molar-refractivity contribution in [3.05, 3.63) is 39.4 Å². The van der Waals surface area contributed by atoms with Gasteiger partial charge in [-0.3, -0.25) is 0 Å². The average Bonchev–Trinajstić information content (AvgIpc) is 2.84. The van der Waals surface area contributed by atoms with E-state index in [1.165, 1.54) is 11.3 Å². The number of aryl methyl sites for hydroxylation is 1. The molecule has 2 aromatic heterocycles. The molecule has 0 radical (unpaired) electrons. The second-order valence-electron chi connectivity index (χ2n) is 3.75. The first-order valence-electron chi connectivity index (χ1n) is 5.21. The van der Waals surface area contributed by atoms with Crippen molar-refractivity contribution in [1.82, 2.24) is 14.6 Å². The van der Waals surface area contributed by atoms with Crippen molar-refractivity contribution in [3.8, 4) is 17.3 Å². The van der Waals surface area contributed by atoms with Gasteiger partial charge in [0.1, 0.15) is 16.8 Å². The Hall–Kier alpha value is -1.71. The Kier molecular flexibility index (Phi) is 2.65. The number of halogens is 1. The summed E-state index contributed by atoms with van der Waals surface area (Å²) in [5.41, 5.74) is 2.07. The van der Waals surface area contributed by atoms with E-state index in [-0.39, 0.29) is 0 Å². The fourth-order valence-electron chi connectivity index (χ4n) is 1.78. The lowest BCUT2D eigenvalue weighted by Gasteiger charge is -1.98. The Balaban J connectivity index is 2.30. The highest BCUT2D eigenvalue weighted by molar-refractivity contribution is 9.10. The number of hydrogen-bond donors (Lipinski definition) is 0. The van der Waals surface area contributed by atoms with Crippen LogP contribution in [0.5, 0.6) is 0 Å². The lowest BCUT2D eigenvalue weighted by Crippen LogP contribution is -1.90. The molecule has 18 heavy (non-hydrogen) atoms. The lowest BCUT2D eigenvalue weighted by atomic mass is 10.1. The monoisotopic (exact) mass is 318 g/mol. The zero-order valence-corrected chi connectivity index (χ0v) is 11.8. The van der Waals surface area contributed by atoms with E-state index >= 15 is 0 Å². The van der Waals surface area contributed by atoms with Crippen LogP contribution in [0, 0.1) is 18.3 Å². The zero-order valence-electron chi connectivity index (χ0n) is 9.38. The number of hydrogen-bond acceptors (Lipinski definition) is 4. The van der Waals surface area contributed by atoms with E-state index in [0.717, 1.165) is 20.0 Å². The average molecular weight is 319 g/mol. The van der Waals surface area contributed by atoms with Crippen molar-refractivity contribution in [1.29, 1.82) is 5.26 Å². The standard InChI is InChI=1S/C12H7BrN4S/c1-7-16-17-10(6-14)11(15-12(17)18-7)8-3-2-4-9(13)5-8/h2-5H,1H3. The predicted octanol–water partition coefficient (Wildman–Crippen LogP) is 3.40. The largest absolute Gasteiger partial charge is 0.216 e. The summed E-state index contributed by atoms with van der Waals surface area (Å²) in [5, 5.41) is 14.5. The topological polar surface area (TPSA) is 54.0 Å². The first kappa shape index (κ1) is 11.4. The predicted molar refractivity (Wildman–Crippen MR) is 73.5 cm³/mol. The highest BCUT2D eigenvalue weighted by Crippen LogP contribution is 2.27. The van der Waals surface area contributed by atoms with Crippen LogP contribution in [-0.2, 0) is 0 Å². The van der Waals surface area contributed by atoms with Crippen molar-refractivity contribution in [2.45, 2.75) is 6.92 Å². The SMILES string of the molecule is Cc1nn2c(C#N)c(-c3cccc(Br)c3)nc2s1. The van der Waals surface area contributed by atoms with Crippen molar-refractivity contribution in [3.63, 3.8) is 0 Å². The van der Waals surface area contributed by atoms with Crippen LogP contribution in [0.4, 0.5) is 0 Å². The van der Waals surface area contributed by atoms with Crippen LogP contribution in [0.2, 0.25) is 0 Å². The number of nitrogens with zero attached hydrogens (tertiary/aromatic N) is 4. The van der Waals surface area contributed by atoms with Gasteiger partial charge in [0.25, 0.3) is 0 Å². The molecule has 0 unspecified atom stereocenters. The van der Waals surface area contributed by atoms with E-state index in [1.54, 1.807) is 4.52 Å². The summed E-state index contributed by atoms with van der Waals surface area (Å²) in [4.78, 5) is 5.24. The van der Waals surface area contributed by atoms with Crippen LogP contribution in [0.3, 0.4) is 0 Å². The van der Waals surface area contributed by atoms with Gasteiger partial charge >= 0.3 is 0 Å². The van der Waals surface area contributed by atoms with Crippen LogP contribution < -0.4 is 0 Å². The summed E-state index contributed by atoms with van der Waals surface area (Å²) in [6.45, 7) is 1.90. The third-order valence-corrected chi connectivity index (χ3v) is 3.83. The highest BCUT2D eigenvalue weighted by atomic mass is 79.9. The molecule has 88 valence electrons. The molecule has 0 fully saturated rings. The number of aromatic nitrogens is 3.